The third-order valence-electron chi connectivity index (χ3n) is 2.97. The minimum absolute atomic E-state index is 0.0957. The van der Waals surface area contributed by atoms with Crippen molar-refractivity contribution >= 4 is 0 Å². The summed E-state index contributed by atoms with van der Waals surface area (Å²) in [6.07, 6.45) is 5.62. The Bertz CT molecular complexity index is 418. The van der Waals surface area contributed by atoms with Gasteiger partial charge in [-0.15, -0.1) is 0 Å². The smallest absolute Gasteiger partial charge is 0.342 e. The van der Waals surface area contributed by atoms with Gasteiger partial charge in [0.25, 0.3) is 0 Å². The molecule has 0 atom stereocenters. The molecule has 1 rings (SSSR count). The van der Waals surface area contributed by atoms with Crippen LogP contribution in [0, 0.1) is 5.92 Å². The Morgan fingerprint density at radius 2 is 2.00 bits per heavy atom. The van der Waals surface area contributed by atoms with Crippen LogP contribution >= 0.6 is 0 Å². The molecule has 1 aromatic rings. The van der Waals surface area contributed by atoms with Gasteiger partial charge in [0.1, 0.15) is 11.5 Å². The molecule has 102 valence electrons. The second-order valence-electron chi connectivity index (χ2n) is 5.27. The molecule has 0 aliphatic rings. The van der Waals surface area contributed by atoms with Gasteiger partial charge >= 0.3 is 5.63 Å². The minimum Gasteiger partial charge on any atom is -0.507 e. The van der Waals surface area contributed by atoms with E-state index in [1.54, 1.807) is 6.07 Å². The van der Waals surface area contributed by atoms with Crippen LogP contribution in [-0.2, 0) is 12.8 Å². The number of hydrogen-bond acceptors (Lipinski definition) is 3. The van der Waals surface area contributed by atoms with Gasteiger partial charge < -0.3 is 9.52 Å². The van der Waals surface area contributed by atoms with Crippen LogP contribution < -0.4 is 5.63 Å². The van der Waals surface area contributed by atoms with Crippen molar-refractivity contribution in [2.45, 2.75) is 59.3 Å². The Hall–Kier alpha value is -1.25. The number of unbranched alkanes of at least 4 members (excludes halogenated alkanes) is 3. The third kappa shape index (κ3) is 4.55. The highest BCUT2D eigenvalue weighted by molar-refractivity contribution is 5.30. The summed E-state index contributed by atoms with van der Waals surface area (Å²) in [5.41, 5.74) is 0.0563. The van der Waals surface area contributed by atoms with E-state index in [2.05, 4.69) is 20.8 Å². The van der Waals surface area contributed by atoms with Crippen LogP contribution in [0.4, 0.5) is 0 Å². The van der Waals surface area contributed by atoms with Crippen LogP contribution in [0.2, 0.25) is 0 Å². The fraction of sp³-hybridized carbons (Fsp3) is 0.667. The lowest BCUT2D eigenvalue weighted by atomic mass is 10.0. The molecule has 0 aromatic carbocycles. The lowest BCUT2D eigenvalue weighted by molar-refractivity contribution is 0.397. The van der Waals surface area contributed by atoms with E-state index in [9.17, 15) is 9.90 Å². The highest BCUT2D eigenvalue weighted by atomic mass is 16.4. The lowest BCUT2D eigenvalue weighted by Crippen LogP contribution is -2.10. The molecule has 0 fully saturated rings. The predicted octanol–water partition coefficient (Wildman–Crippen LogP) is 3.67. The van der Waals surface area contributed by atoms with Crippen LogP contribution in [0.3, 0.4) is 0 Å². The predicted molar refractivity (Wildman–Crippen MR) is 73.0 cm³/mol. The Balaban J connectivity index is 2.72. The van der Waals surface area contributed by atoms with Gasteiger partial charge in [0.2, 0.25) is 0 Å². The van der Waals surface area contributed by atoms with E-state index in [0.717, 1.165) is 25.7 Å². The van der Waals surface area contributed by atoms with Gasteiger partial charge in [0.15, 0.2) is 0 Å². The monoisotopic (exact) mass is 252 g/mol. The van der Waals surface area contributed by atoms with E-state index in [1.165, 1.54) is 0 Å². The second kappa shape index (κ2) is 7.24. The molecule has 0 unspecified atom stereocenters. The summed E-state index contributed by atoms with van der Waals surface area (Å²) in [6, 6.07) is 1.59. The van der Waals surface area contributed by atoms with Gasteiger partial charge in [-0.1, -0.05) is 40.0 Å². The summed E-state index contributed by atoms with van der Waals surface area (Å²) >= 11 is 0. The summed E-state index contributed by atoms with van der Waals surface area (Å²) < 4.78 is 5.24. The van der Waals surface area contributed by atoms with E-state index in [4.69, 9.17) is 4.42 Å². The fourth-order valence-corrected chi connectivity index (χ4v) is 2.02. The molecular formula is C15H24O3. The highest BCUT2D eigenvalue weighted by Gasteiger charge is 2.11. The number of aromatic hydroxyl groups is 1. The van der Waals surface area contributed by atoms with Crippen molar-refractivity contribution in [1.29, 1.82) is 0 Å². The zero-order chi connectivity index (χ0) is 13.5. The van der Waals surface area contributed by atoms with Crippen molar-refractivity contribution in [2.75, 3.05) is 0 Å². The van der Waals surface area contributed by atoms with E-state index in [0.29, 0.717) is 30.1 Å². The molecule has 18 heavy (non-hydrogen) atoms. The summed E-state index contributed by atoms with van der Waals surface area (Å²) in [6.45, 7) is 6.25. The summed E-state index contributed by atoms with van der Waals surface area (Å²) in [5, 5.41) is 9.88. The Morgan fingerprint density at radius 3 is 2.56 bits per heavy atom. The molecule has 3 heteroatoms. The third-order valence-corrected chi connectivity index (χ3v) is 2.97. The van der Waals surface area contributed by atoms with Gasteiger partial charge in [0, 0.05) is 12.5 Å². The molecule has 1 N–H and O–H groups in total. The minimum atomic E-state index is -0.373. The van der Waals surface area contributed by atoms with Crippen LogP contribution in [-0.4, -0.2) is 5.11 Å². The van der Waals surface area contributed by atoms with Crippen molar-refractivity contribution in [3.8, 4) is 5.75 Å². The zero-order valence-electron chi connectivity index (χ0n) is 11.7. The van der Waals surface area contributed by atoms with Gasteiger partial charge in [-0.25, -0.2) is 4.79 Å². The molecule has 0 aliphatic carbocycles. The van der Waals surface area contributed by atoms with Crippen molar-refractivity contribution < 1.29 is 9.52 Å². The summed E-state index contributed by atoms with van der Waals surface area (Å²) in [5.74, 6) is 1.08. The second-order valence-corrected chi connectivity index (χ2v) is 5.27. The van der Waals surface area contributed by atoms with Crippen LogP contribution in [0.15, 0.2) is 15.3 Å². The Morgan fingerprint density at radius 1 is 1.28 bits per heavy atom. The average molecular weight is 252 g/mol. The normalized spacial score (nSPS) is 11.1. The Kier molecular flexibility index (Phi) is 5.96. The molecule has 0 amide bonds. The van der Waals surface area contributed by atoms with E-state index in [-0.39, 0.29) is 11.4 Å². The van der Waals surface area contributed by atoms with Crippen molar-refractivity contribution in [3.05, 3.63) is 27.8 Å². The largest absolute Gasteiger partial charge is 0.507 e. The molecule has 0 radical (unpaired) electrons. The average Bonchev–Trinajstić information content (AvgIpc) is 2.26. The van der Waals surface area contributed by atoms with E-state index < -0.39 is 0 Å². The van der Waals surface area contributed by atoms with E-state index >= 15 is 0 Å². The maximum absolute atomic E-state index is 11.8. The number of rotatable bonds is 7. The molecule has 0 saturated carbocycles. The van der Waals surface area contributed by atoms with Crippen LogP contribution in [0.5, 0.6) is 5.75 Å². The Labute approximate surface area is 109 Å². The first-order valence-corrected chi connectivity index (χ1v) is 6.89. The first-order chi connectivity index (χ1) is 8.54. The molecule has 1 aromatic heterocycles. The topological polar surface area (TPSA) is 50.4 Å². The van der Waals surface area contributed by atoms with E-state index in [1.807, 2.05) is 0 Å². The standard InChI is InChI=1S/C15H24O3/c1-4-5-6-7-8-13-14(16)10-12(9-11(2)3)18-15(13)17/h10-11,16H,4-9H2,1-3H3. The molecule has 0 saturated heterocycles. The molecule has 0 bridgehead atoms. The fourth-order valence-electron chi connectivity index (χ4n) is 2.02. The molecule has 0 spiro atoms. The lowest BCUT2D eigenvalue weighted by Gasteiger charge is -2.07. The summed E-state index contributed by atoms with van der Waals surface area (Å²) in [7, 11) is 0. The molecule has 3 nitrogen and oxygen atoms in total. The molecule has 1 heterocycles. The van der Waals surface area contributed by atoms with Crippen molar-refractivity contribution in [1.82, 2.24) is 0 Å². The quantitative estimate of drug-likeness (QED) is 0.753. The highest BCUT2D eigenvalue weighted by Crippen LogP contribution is 2.19. The maximum Gasteiger partial charge on any atom is 0.342 e. The van der Waals surface area contributed by atoms with Gasteiger partial charge in [-0.3, -0.25) is 0 Å². The molecule has 0 aliphatic heterocycles. The van der Waals surface area contributed by atoms with Crippen molar-refractivity contribution in [3.63, 3.8) is 0 Å². The molecular weight excluding hydrogens is 228 g/mol. The first kappa shape index (κ1) is 14.8. The van der Waals surface area contributed by atoms with Crippen LogP contribution in [0.1, 0.15) is 57.8 Å². The first-order valence-electron chi connectivity index (χ1n) is 6.89. The van der Waals surface area contributed by atoms with Crippen molar-refractivity contribution in [2.24, 2.45) is 5.92 Å². The van der Waals surface area contributed by atoms with Gasteiger partial charge in [-0.2, -0.15) is 0 Å². The number of hydrogen-bond donors (Lipinski definition) is 1. The van der Waals surface area contributed by atoms with Crippen LogP contribution in [0.25, 0.3) is 0 Å². The summed E-state index contributed by atoms with van der Waals surface area (Å²) in [4.78, 5) is 11.8. The van der Waals surface area contributed by atoms with Gasteiger partial charge in [-0.05, 0) is 18.8 Å². The zero-order valence-corrected chi connectivity index (χ0v) is 11.7. The maximum atomic E-state index is 11.8. The SMILES string of the molecule is CCCCCCc1c(O)cc(CC(C)C)oc1=O. The van der Waals surface area contributed by atoms with Gasteiger partial charge in [0.05, 0.1) is 5.56 Å².